The second-order valence-electron chi connectivity index (χ2n) is 6.62. The SMILES string of the molecule is CC(OC(=O)NCCCC(=O)Oc1ccc(Cl)cc1)C(=O)C(C)(C)C.[H-].[Na+]. The molecule has 1 rings (SSSR count). The van der Waals surface area contributed by atoms with E-state index in [2.05, 4.69) is 5.32 Å². The number of ether oxygens (including phenoxy) is 2. The average Bonchev–Trinajstić information content (AvgIpc) is 2.52. The van der Waals surface area contributed by atoms with Crippen molar-refractivity contribution >= 4 is 29.4 Å². The van der Waals surface area contributed by atoms with Crippen molar-refractivity contribution in [2.24, 2.45) is 5.41 Å². The van der Waals surface area contributed by atoms with Gasteiger partial charge in [-0.3, -0.25) is 9.59 Å². The number of nitrogens with one attached hydrogen (secondary N) is 1. The first-order valence-corrected chi connectivity index (χ1v) is 8.42. The summed E-state index contributed by atoms with van der Waals surface area (Å²) in [4.78, 5) is 35.3. The third kappa shape index (κ3) is 9.57. The van der Waals surface area contributed by atoms with Gasteiger partial charge in [0, 0.05) is 23.4 Å². The fourth-order valence-corrected chi connectivity index (χ4v) is 2.10. The topological polar surface area (TPSA) is 81.7 Å². The van der Waals surface area contributed by atoms with Crippen molar-refractivity contribution in [2.75, 3.05) is 6.54 Å². The van der Waals surface area contributed by atoms with Gasteiger partial charge in [0.15, 0.2) is 11.9 Å². The maximum absolute atomic E-state index is 11.9. The Balaban J connectivity index is 0. The molecule has 1 atom stereocenters. The Kier molecular flexibility index (Phi) is 11.1. The molecule has 26 heavy (non-hydrogen) atoms. The van der Waals surface area contributed by atoms with Crippen LogP contribution in [0.15, 0.2) is 24.3 Å². The van der Waals surface area contributed by atoms with E-state index in [1.54, 1.807) is 45.0 Å². The zero-order chi connectivity index (χ0) is 19.0. The van der Waals surface area contributed by atoms with Crippen LogP contribution in [-0.2, 0) is 14.3 Å². The summed E-state index contributed by atoms with van der Waals surface area (Å²) in [6, 6.07) is 6.45. The number of Topliss-reactive ketones (excluding diaryl/α,β-unsaturated/α-hetero) is 1. The number of hydrogen-bond donors (Lipinski definition) is 1. The molecule has 140 valence electrons. The molecule has 1 unspecified atom stereocenters. The van der Waals surface area contributed by atoms with Crippen molar-refractivity contribution in [3.8, 4) is 5.75 Å². The van der Waals surface area contributed by atoms with Crippen LogP contribution in [-0.4, -0.2) is 30.5 Å². The molecule has 0 aromatic heterocycles. The van der Waals surface area contributed by atoms with Crippen LogP contribution in [0.2, 0.25) is 5.02 Å². The summed E-state index contributed by atoms with van der Waals surface area (Å²) in [7, 11) is 0. The van der Waals surface area contributed by atoms with E-state index < -0.39 is 23.6 Å². The van der Waals surface area contributed by atoms with Crippen LogP contribution in [0.3, 0.4) is 0 Å². The van der Waals surface area contributed by atoms with Crippen LogP contribution in [0, 0.1) is 5.41 Å². The number of carbonyl (C=O) groups is 3. The third-order valence-electron chi connectivity index (χ3n) is 3.26. The second-order valence-corrected chi connectivity index (χ2v) is 7.06. The Morgan fingerprint density at radius 2 is 1.77 bits per heavy atom. The molecule has 0 radical (unpaired) electrons. The number of hydrogen-bond acceptors (Lipinski definition) is 5. The van der Waals surface area contributed by atoms with E-state index in [-0.39, 0.29) is 49.7 Å². The van der Waals surface area contributed by atoms with Crippen molar-refractivity contribution in [3.05, 3.63) is 29.3 Å². The van der Waals surface area contributed by atoms with Crippen molar-refractivity contribution in [2.45, 2.75) is 46.6 Å². The fourth-order valence-electron chi connectivity index (χ4n) is 1.97. The number of rotatable bonds is 7. The van der Waals surface area contributed by atoms with Crippen molar-refractivity contribution in [1.29, 1.82) is 0 Å². The monoisotopic (exact) mass is 393 g/mol. The van der Waals surface area contributed by atoms with Gasteiger partial charge in [0.25, 0.3) is 0 Å². The fraction of sp³-hybridized carbons (Fsp3) is 0.500. The van der Waals surface area contributed by atoms with E-state index in [4.69, 9.17) is 21.1 Å². The van der Waals surface area contributed by atoms with E-state index in [1.165, 1.54) is 6.92 Å². The first-order chi connectivity index (χ1) is 11.6. The molecule has 1 N–H and O–H groups in total. The second kappa shape index (κ2) is 11.6. The number of alkyl carbamates (subject to hydrolysis) is 1. The van der Waals surface area contributed by atoms with Crippen molar-refractivity contribution < 1.29 is 54.8 Å². The van der Waals surface area contributed by atoms with Crippen LogP contribution in [0.4, 0.5) is 4.79 Å². The zero-order valence-electron chi connectivity index (χ0n) is 16.9. The number of esters is 1. The molecule has 0 aliphatic rings. The number of carbonyl (C=O) groups excluding carboxylic acids is 3. The van der Waals surface area contributed by atoms with Crippen LogP contribution in [0.25, 0.3) is 0 Å². The van der Waals surface area contributed by atoms with Crippen LogP contribution >= 0.6 is 11.6 Å². The van der Waals surface area contributed by atoms with E-state index in [0.717, 1.165) is 0 Å². The van der Waals surface area contributed by atoms with Gasteiger partial charge in [-0.1, -0.05) is 32.4 Å². The van der Waals surface area contributed by atoms with Gasteiger partial charge in [0.1, 0.15) is 5.75 Å². The van der Waals surface area contributed by atoms with Gasteiger partial charge < -0.3 is 16.2 Å². The molecule has 0 fully saturated rings. The first kappa shape index (κ1) is 24.9. The summed E-state index contributed by atoms with van der Waals surface area (Å²) in [5.41, 5.74) is -0.578. The quantitative estimate of drug-likeness (QED) is 0.322. The zero-order valence-corrected chi connectivity index (χ0v) is 18.7. The molecule has 0 heterocycles. The largest absolute Gasteiger partial charge is 1.00 e. The molecule has 1 aromatic carbocycles. The standard InChI is InChI=1S/C18H24ClNO5.Na.H/c1-12(16(22)18(2,3)4)24-17(23)20-11-5-6-15(21)25-14-9-7-13(19)8-10-14;;/h7-10,12H,5-6,11H2,1-4H3,(H,20,23);;/q;+1;-1. The minimum atomic E-state index is -0.824. The van der Waals surface area contributed by atoms with Gasteiger partial charge >= 0.3 is 41.6 Å². The minimum absolute atomic E-state index is 0. The Morgan fingerprint density at radius 3 is 2.31 bits per heavy atom. The summed E-state index contributed by atoms with van der Waals surface area (Å²) in [6.07, 6.45) is -0.978. The Bertz CT molecular complexity index is 619. The van der Waals surface area contributed by atoms with Crippen LogP contribution in [0.5, 0.6) is 5.75 Å². The summed E-state index contributed by atoms with van der Waals surface area (Å²) in [5, 5.41) is 3.07. The maximum atomic E-state index is 11.9. The van der Waals surface area contributed by atoms with E-state index >= 15 is 0 Å². The molecule has 0 bridgehead atoms. The van der Waals surface area contributed by atoms with Gasteiger partial charge in [0.2, 0.25) is 0 Å². The van der Waals surface area contributed by atoms with Gasteiger partial charge in [-0.15, -0.1) is 0 Å². The molecule has 1 amide bonds. The van der Waals surface area contributed by atoms with Gasteiger partial charge in [0.05, 0.1) is 0 Å². The average molecular weight is 394 g/mol. The van der Waals surface area contributed by atoms with E-state index in [9.17, 15) is 14.4 Å². The summed E-state index contributed by atoms with van der Waals surface area (Å²) < 4.78 is 10.1. The van der Waals surface area contributed by atoms with Crippen molar-refractivity contribution in [1.82, 2.24) is 5.32 Å². The molecule has 0 spiro atoms. The molecule has 1 aromatic rings. The molecule has 0 aliphatic carbocycles. The van der Waals surface area contributed by atoms with Gasteiger partial charge in [-0.2, -0.15) is 0 Å². The molecular weight excluding hydrogens is 369 g/mol. The third-order valence-corrected chi connectivity index (χ3v) is 3.52. The number of ketones is 1. The summed E-state index contributed by atoms with van der Waals surface area (Å²) >= 11 is 5.75. The van der Waals surface area contributed by atoms with Crippen LogP contribution < -0.4 is 39.6 Å². The smallest absolute Gasteiger partial charge is 1.00 e. The predicted octanol–water partition coefficient (Wildman–Crippen LogP) is 0.872. The van der Waals surface area contributed by atoms with Crippen molar-refractivity contribution in [3.63, 3.8) is 0 Å². The Labute approximate surface area is 182 Å². The Morgan fingerprint density at radius 1 is 1.19 bits per heavy atom. The molecule has 0 saturated heterocycles. The van der Waals surface area contributed by atoms with E-state index in [0.29, 0.717) is 17.2 Å². The van der Waals surface area contributed by atoms with E-state index in [1.807, 2.05) is 0 Å². The first-order valence-electron chi connectivity index (χ1n) is 8.04. The number of amides is 1. The summed E-state index contributed by atoms with van der Waals surface area (Å²) in [6.45, 7) is 7.07. The molecule has 0 aliphatic heterocycles. The molecular formula is C18H25ClNNaO5. The summed E-state index contributed by atoms with van der Waals surface area (Å²) in [5.74, 6) is -0.153. The normalized spacial score (nSPS) is 11.7. The Hall–Kier alpha value is -1.08. The molecule has 0 saturated carbocycles. The maximum Gasteiger partial charge on any atom is 1.00 e. The number of benzene rings is 1. The van der Waals surface area contributed by atoms with Gasteiger partial charge in [-0.05, 0) is 37.6 Å². The molecule has 6 nitrogen and oxygen atoms in total. The molecule has 8 heteroatoms. The van der Waals surface area contributed by atoms with Crippen LogP contribution in [0.1, 0.15) is 42.0 Å². The minimum Gasteiger partial charge on any atom is -1.00 e. The predicted molar refractivity (Wildman–Crippen MR) is 95.8 cm³/mol. The number of halogens is 1. The van der Waals surface area contributed by atoms with Gasteiger partial charge in [-0.25, -0.2) is 4.79 Å².